The third-order valence-corrected chi connectivity index (χ3v) is 4.39. The lowest BCUT2D eigenvalue weighted by atomic mass is 9.95. The van der Waals surface area contributed by atoms with Crippen LogP contribution in [-0.4, -0.2) is 20.6 Å². The van der Waals surface area contributed by atoms with E-state index in [1.54, 1.807) is 12.3 Å². The molecular formula is C17H20N2O2. The van der Waals surface area contributed by atoms with Gasteiger partial charge in [0.15, 0.2) is 0 Å². The molecule has 0 radical (unpaired) electrons. The largest absolute Gasteiger partial charge is 0.478 e. The topological polar surface area (TPSA) is 55.1 Å². The van der Waals surface area contributed by atoms with Gasteiger partial charge in [-0.15, -0.1) is 0 Å². The Kier molecular flexibility index (Phi) is 3.78. The maximum atomic E-state index is 11.5. The molecule has 4 nitrogen and oxygen atoms in total. The number of rotatable bonds is 3. The summed E-state index contributed by atoms with van der Waals surface area (Å²) in [6.07, 6.45) is 7.70. The summed E-state index contributed by atoms with van der Waals surface area (Å²) in [6, 6.07) is 7.93. The Hall–Kier alpha value is -2.10. The fourth-order valence-corrected chi connectivity index (χ4v) is 3.36. The number of carbonyl (C=O) groups is 1. The quantitative estimate of drug-likeness (QED) is 0.924. The average Bonchev–Trinajstić information content (AvgIpc) is 2.87. The molecule has 0 aromatic carbocycles. The predicted molar refractivity (Wildman–Crippen MR) is 81.5 cm³/mol. The second-order valence-corrected chi connectivity index (χ2v) is 5.71. The molecule has 1 fully saturated rings. The SMILES string of the molecule is Cc1c(C(=O)O)cc(-c2ccccn2)n1C1CCCCC1. The van der Waals surface area contributed by atoms with Gasteiger partial charge in [-0.1, -0.05) is 25.3 Å². The van der Waals surface area contributed by atoms with E-state index in [0.29, 0.717) is 11.6 Å². The van der Waals surface area contributed by atoms with Crippen LogP contribution in [0.1, 0.15) is 54.2 Å². The van der Waals surface area contributed by atoms with E-state index in [1.165, 1.54) is 19.3 Å². The van der Waals surface area contributed by atoms with Gasteiger partial charge in [0.05, 0.1) is 17.0 Å². The molecule has 0 aliphatic heterocycles. The van der Waals surface area contributed by atoms with E-state index in [2.05, 4.69) is 9.55 Å². The molecule has 1 N–H and O–H groups in total. The van der Waals surface area contributed by atoms with Gasteiger partial charge < -0.3 is 9.67 Å². The summed E-state index contributed by atoms with van der Waals surface area (Å²) >= 11 is 0. The number of carboxylic acids is 1. The van der Waals surface area contributed by atoms with Gasteiger partial charge >= 0.3 is 5.97 Å². The van der Waals surface area contributed by atoms with Crippen LogP contribution in [0.3, 0.4) is 0 Å². The molecule has 21 heavy (non-hydrogen) atoms. The third-order valence-electron chi connectivity index (χ3n) is 4.39. The summed E-state index contributed by atoms with van der Waals surface area (Å²) in [4.78, 5) is 15.9. The van der Waals surface area contributed by atoms with Gasteiger partial charge in [0, 0.05) is 17.9 Å². The van der Waals surface area contributed by atoms with Crippen molar-refractivity contribution in [3.05, 3.63) is 41.7 Å². The maximum absolute atomic E-state index is 11.5. The van der Waals surface area contributed by atoms with Gasteiger partial charge in [-0.05, 0) is 38.0 Å². The Bertz CT molecular complexity index is 640. The zero-order valence-corrected chi connectivity index (χ0v) is 12.2. The van der Waals surface area contributed by atoms with Crippen molar-refractivity contribution in [3.63, 3.8) is 0 Å². The molecule has 0 bridgehead atoms. The molecule has 3 rings (SSSR count). The van der Waals surface area contributed by atoms with Crippen LogP contribution in [0.15, 0.2) is 30.5 Å². The van der Waals surface area contributed by atoms with E-state index >= 15 is 0 Å². The zero-order chi connectivity index (χ0) is 14.8. The van der Waals surface area contributed by atoms with Gasteiger partial charge in [-0.2, -0.15) is 0 Å². The molecule has 0 amide bonds. The standard InChI is InChI=1S/C17H20N2O2/c1-12-14(17(20)21)11-16(15-9-5-6-10-18-15)19(12)13-7-3-2-4-8-13/h5-6,9-11,13H,2-4,7-8H2,1H3,(H,20,21). The molecule has 4 heteroatoms. The summed E-state index contributed by atoms with van der Waals surface area (Å²) in [5, 5.41) is 9.41. The first-order valence-corrected chi connectivity index (χ1v) is 7.55. The molecule has 0 unspecified atom stereocenters. The molecule has 2 heterocycles. The summed E-state index contributed by atoms with van der Waals surface area (Å²) in [5.74, 6) is -0.862. The lowest BCUT2D eigenvalue weighted by Crippen LogP contribution is -2.16. The van der Waals surface area contributed by atoms with Gasteiger partial charge in [0.2, 0.25) is 0 Å². The van der Waals surface area contributed by atoms with Crippen LogP contribution in [-0.2, 0) is 0 Å². The average molecular weight is 284 g/mol. The first kappa shape index (κ1) is 13.9. The highest BCUT2D eigenvalue weighted by atomic mass is 16.4. The Morgan fingerprint density at radius 1 is 1.29 bits per heavy atom. The van der Waals surface area contributed by atoms with Gasteiger partial charge in [0.25, 0.3) is 0 Å². The molecule has 0 spiro atoms. The van der Waals surface area contributed by atoms with Crippen molar-refractivity contribution in [1.82, 2.24) is 9.55 Å². The smallest absolute Gasteiger partial charge is 0.337 e. The number of hydrogen-bond acceptors (Lipinski definition) is 2. The molecule has 1 saturated carbocycles. The Balaban J connectivity index is 2.13. The second-order valence-electron chi connectivity index (χ2n) is 5.71. The fourth-order valence-electron chi connectivity index (χ4n) is 3.36. The van der Waals surface area contributed by atoms with Crippen molar-refractivity contribution in [3.8, 4) is 11.4 Å². The molecule has 1 aliphatic rings. The summed E-state index contributed by atoms with van der Waals surface area (Å²) in [7, 11) is 0. The van der Waals surface area contributed by atoms with Crippen LogP contribution in [0.25, 0.3) is 11.4 Å². The second kappa shape index (κ2) is 5.72. The minimum Gasteiger partial charge on any atom is -0.478 e. The molecule has 1 aliphatic carbocycles. The monoisotopic (exact) mass is 284 g/mol. The zero-order valence-electron chi connectivity index (χ0n) is 12.2. The van der Waals surface area contributed by atoms with E-state index < -0.39 is 5.97 Å². The number of aromatic carboxylic acids is 1. The third kappa shape index (κ3) is 2.58. The molecule has 0 atom stereocenters. The van der Waals surface area contributed by atoms with E-state index in [1.807, 2.05) is 25.1 Å². The fraction of sp³-hybridized carbons (Fsp3) is 0.412. The van der Waals surface area contributed by atoms with Crippen molar-refractivity contribution in [1.29, 1.82) is 0 Å². The molecule has 0 saturated heterocycles. The van der Waals surface area contributed by atoms with Crippen molar-refractivity contribution in [2.45, 2.75) is 45.1 Å². The van der Waals surface area contributed by atoms with Crippen molar-refractivity contribution < 1.29 is 9.90 Å². The van der Waals surface area contributed by atoms with Gasteiger partial charge in [-0.25, -0.2) is 4.79 Å². The molecule has 2 aromatic rings. The van der Waals surface area contributed by atoms with E-state index in [9.17, 15) is 9.90 Å². The highest BCUT2D eigenvalue weighted by Gasteiger charge is 2.24. The number of hydrogen-bond donors (Lipinski definition) is 1. The minimum atomic E-state index is -0.862. The number of nitrogens with zero attached hydrogens (tertiary/aromatic N) is 2. The number of pyridine rings is 1. The van der Waals surface area contributed by atoms with Gasteiger partial charge in [0.1, 0.15) is 0 Å². The van der Waals surface area contributed by atoms with E-state index in [0.717, 1.165) is 29.9 Å². The van der Waals surface area contributed by atoms with Crippen LogP contribution in [0.4, 0.5) is 0 Å². The minimum absolute atomic E-state index is 0.390. The first-order chi connectivity index (χ1) is 10.2. The van der Waals surface area contributed by atoms with E-state index in [-0.39, 0.29) is 0 Å². The van der Waals surface area contributed by atoms with Crippen LogP contribution in [0.2, 0.25) is 0 Å². The summed E-state index contributed by atoms with van der Waals surface area (Å²) in [6.45, 7) is 1.91. The summed E-state index contributed by atoms with van der Waals surface area (Å²) in [5.41, 5.74) is 3.01. The molecular weight excluding hydrogens is 264 g/mol. The molecule has 2 aromatic heterocycles. The van der Waals surface area contributed by atoms with E-state index in [4.69, 9.17) is 0 Å². The number of carboxylic acid groups (broad SMARTS) is 1. The van der Waals surface area contributed by atoms with Gasteiger partial charge in [-0.3, -0.25) is 4.98 Å². The van der Waals surface area contributed by atoms with Crippen LogP contribution < -0.4 is 0 Å². The highest BCUT2D eigenvalue weighted by Crippen LogP contribution is 2.35. The normalized spacial score (nSPS) is 16.0. The van der Waals surface area contributed by atoms with Crippen molar-refractivity contribution >= 4 is 5.97 Å². The first-order valence-electron chi connectivity index (χ1n) is 7.55. The Morgan fingerprint density at radius 2 is 2.05 bits per heavy atom. The Labute approximate surface area is 124 Å². The predicted octanol–water partition coefficient (Wildman–Crippen LogP) is 4.06. The lowest BCUT2D eigenvalue weighted by molar-refractivity contribution is 0.0696. The van der Waals surface area contributed by atoms with Crippen molar-refractivity contribution in [2.75, 3.05) is 0 Å². The lowest BCUT2D eigenvalue weighted by Gasteiger charge is -2.27. The maximum Gasteiger partial charge on any atom is 0.337 e. The van der Waals surface area contributed by atoms with Crippen LogP contribution >= 0.6 is 0 Å². The number of aromatic nitrogens is 2. The Morgan fingerprint density at radius 3 is 2.67 bits per heavy atom. The highest BCUT2D eigenvalue weighted by molar-refractivity contribution is 5.91. The van der Waals surface area contributed by atoms with Crippen LogP contribution in [0.5, 0.6) is 0 Å². The van der Waals surface area contributed by atoms with Crippen molar-refractivity contribution in [2.24, 2.45) is 0 Å². The molecule has 110 valence electrons. The summed E-state index contributed by atoms with van der Waals surface area (Å²) < 4.78 is 2.20. The van der Waals surface area contributed by atoms with Crippen LogP contribution in [0, 0.1) is 6.92 Å².